The van der Waals surface area contributed by atoms with Gasteiger partial charge in [0.2, 0.25) is 14.3 Å². The number of nitrogens with zero attached hydrogens (tertiary/aromatic N) is 1. The predicted octanol–water partition coefficient (Wildman–Crippen LogP) is 2.11. The summed E-state index contributed by atoms with van der Waals surface area (Å²) in [4.78, 5) is 40.2. The topological polar surface area (TPSA) is 128 Å². The Hall–Kier alpha value is -2.34. The Morgan fingerprint density at radius 2 is 2.11 bits per heavy atom. The first-order chi connectivity index (χ1) is 16.4. The summed E-state index contributed by atoms with van der Waals surface area (Å²) in [5.41, 5.74) is -0.785. The molecule has 0 unspecified atom stereocenters. The van der Waals surface area contributed by atoms with Gasteiger partial charge in [0, 0.05) is 34.9 Å². The highest BCUT2D eigenvalue weighted by atomic mass is 28.4. The number of halogens is 1. The molecule has 3 amide bonds. The molecule has 9 nitrogen and oxygen atoms in total. The SMILES string of the molecule is C[C@H](O)C(=O)Nc1ccc2c(c1)[C@]1(O[C@@H](CC(=O)N3CCC[C@H]3CO)[C@H]([Si](C)(C)F)[C@H]1C)C(=O)N2. The van der Waals surface area contributed by atoms with Gasteiger partial charge in [-0.1, -0.05) is 6.92 Å². The lowest BCUT2D eigenvalue weighted by atomic mass is 9.82. The quantitative estimate of drug-likeness (QED) is 0.345. The number of hydrogen-bond donors (Lipinski definition) is 4. The normalized spacial score (nSPS) is 30.9. The lowest BCUT2D eigenvalue weighted by molar-refractivity contribution is -0.148. The van der Waals surface area contributed by atoms with Crippen LogP contribution >= 0.6 is 0 Å². The molecule has 0 bridgehead atoms. The Balaban J connectivity index is 1.69. The maximum atomic E-state index is 15.7. The molecule has 4 rings (SSSR count). The molecule has 4 N–H and O–H groups in total. The standard InChI is InChI=1S/C24H34FN3O6Si/c1-13-21(35(3,4)25)19(11-20(31)28-9-5-6-16(28)12-29)34-24(13)17-10-15(26-22(32)14(2)30)7-8-18(17)27-23(24)33/h7-8,10,13-14,16,19,21,29-30H,5-6,9,11-12H2,1-4H3,(H,26,32)(H,27,33)/t13-,14+,16+,19+,21-,24+/m1/s1. The Bertz CT molecular complexity index is 1030. The van der Waals surface area contributed by atoms with Gasteiger partial charge in [-0.05, 0) is 51.1 Å². The maximum absolute atomic E-state index is 15.7. The number of likely N-dealkylation sites (tertiary alicyclic amines) is 1. The van der Waals surface area contributed by atoms with E-state index in [9.17, 15) is 24.6 Å². The van der Waals surface area contributed by atoms with Gasteiger partial charge in [0.1, 0.15) is 6.10 Å². The lowest BCUT2D eigenvalue weighted by Crippen LogP contribution is -2.42. The molecule has 3 aliphatic rings. The van der Waals surface area contributed by atoms with Gasteiger partial charge in [0.25, 0.3) is 11.8 Å². The summed E-state index contributed by atoms with van der Waals surface area (Å²) in [5, 5.41) is 24.6. The van der Waals surface area contributed by atoms with Gasteiger partial charge >= 0.3 is 0 Å². The van der Waals surface area contributed by atoms with E-state index in [1.54, 1.807) is 43.1 Å². The number of benzene rings is 1. The van der Waals surface area contributed by atoms with Gasteiger partial charge in [0.05, 0.1) is 25.2 Å². The second-order valence-corrected chi connectivity index (χ2v) is 14.2. The molecular weight excluding hydrogens is 473 g/mol. The molecule has 1 aromatic carbocycles. The van der Waals surface area contributed by atoms with Crippen LogP contribution < -0.4 is 10.6 Å². The van der Waals surface area contributed by atoms with E-state index in [0.29, 0.717) is 23.5 Å². The molecule has 2 saturated heterocycles. The molecule has 6 atom stereocenters. The monoisotopic (exact) mass is 507 g/mol. The van der Waals surface area contributed by atoms with Crippen LogP contribution in [-0.4, -0.2) is 72.6 Å². The van der Waals surface area contributed by atoms with Crippen molar-refractivity contribution in [3.63, 3.8) is 0 Å². The second-order valence-electron chi connectivity index (χ2n) is 10.4. The van der Waals surface area contributed by atoms with Crippen molar-refractivity contribution in [2.45, 2.75) is 75.6 Å². The second kappa shape index (κ2) is 9.27. The molecule has 2 fully saturated rings. The van der Waals surface area contributed by atoms with E-state index >= 15 is 4.11 Å². The van der Waals surface area contributed by atoms with Gasteiger partial charge in [-0.25, -0.2) is 0 Å². The van der Waals surface area contributed by atoms with Gasteiger partial charge < -0.3 is 34.6 Å². The summed E-state index contributed by atoms with van der Waals surface area (Å²) in [6, 6.07) is 4.60. The van der Waals surface area contributed by atoms with E-state index in [1.807, 2.05) is 0 Å². The Morgan fingerprint density at radius 3 is 2.74 bits per heavy atom. The zero-order chi connectivity index (χ0) is 25.7. The Morgan fingerprint density at radius 1 is 1.40 bits per heavy atom. The number of aliphatic hydroxyl groups is 2. The number of ether oxygens (including phenoxy) is 1. The fourth-order valence-corrected chi connectivity index (χ4v) is 8.53. The van der Waals surface area contributed by atoms with E-state index in [0.717, 1.165) is 12.8 Å². The molecule has 0 aromatic heterocycles. The van der Waals surface area contributed by atoms with Crippen molar-refractivity contribution in [2.24, 2.45) is 5.92 Å². The third-order valence-corrected chi connectivity index (χ3v) is 10.1. The molecule has 1 spiro atoms. The average molecular weight is 508 g/mol. The summed E-state index contributed by atoms with van der Waals surface area (Å²) < 4.78 is 22.1. The smallest absolute Gasteiger partial charge is 0.261 e. The molecule has 11 heteroatoms. The van der Waals surface area contributed by atoms with Gasteiger partial charge in [-0.3, -0.25) is 14.4 Å². The molecule has 1 aromatic rings. The summed E-state index contributed by atoms with van der Waals surface area (Å²) >= 11 is 0. The third-order valence-electron chi connectivity index (χ3n) is 7.65. The van der Waals surface area contributed by atoms with Crippen LogP contribution in [0.2, 0.25) is 18.6 Å². The Labute approximate surface area is 205 Å². The van der Waals surface area contributed by atoms with Crippen LogP contribution in [0.4, 0.5) is 15.5 Å². The number of fused-ring (bicyclic) bond motifs is 2. The van der Waals surface area contributed by atoms with E-state index in [-0.39, 0.29) is 25.0 Å². The number of aliphatic hydroxyl groups excluding tert-OH is 2. The largest absolute Gasteiger partial charge is 0.394 e. The summed E-state index contributed by atoms with van der Waals surface area (Å²) in [6.07, 6.45) is -0.583. The highest BCUT2D eigenvalue weighted by molar-refractivity contribution is 6.72. The van der Waals surface area contributed by atoms with Crippen molar-refractivity contribution in [2.75, 3.05) is 23.8 Å². The Kier molecular flexibility index (Phi) is 6.82. The van der Waals surface area contributed by atoms with Crippen molar-refractivity contribution >= 4 is 37.5 Å². The molecule has 0 aliphatic carbocycles. The maximum Gasteiger partial charge on any atom is 0.261 e. The molecule has 3 aliphatic heterocycles. The first-order valence-electron chi connectivity index (χ1n) is 12.1. The van der Waals surface area contributed by atoms with Crippen molar-refractivity contribution in [1.29, 1.82) is 0 Å². The molecular formula is C24H34FN3O6Si. The molecule has 3 heterocycles. The van der Waals surface area contributed by atoms with Crippen LogP contribution in [0, 0.1) is 5.92 Å². The lowest BCUT2D eigenvalue weighted by Gasteiger charge is -2.31. The summed E-state index contributed by atoms with van der Waals surface area (Å²) in [6.45, 7) is 6.67. The molecule has 0 saturated carbocycles. The van der Waals surface area contributed by atoms with Crippen LogP contribution in [0.3, 0.4) is 0 Å². The zero-order valence-corrected chi connectivity index (χ0v) is 21.5. The molecule has 192 valence electrons. The fraction of sp³-hybridized carbons (Fsp3) is 0.625. The van der Waals surface area contributed by atoms with Crippen LogP contribution in [-0.2, 0) is 24.7 Å². The number of carbonyl (C=O) groups is 3. The number of nitrogens with one attached hydrogen (secondary N) is 2. The average Bonchev–Trinajstić information content (AvgIpc) is 3.44. The van der Waals surface area contributed by atoms with E-state index in [2.05, 4.69) is 10.6 Å². The fourth-order valence-electron chi connectivity index (χ4n) is 6.03. The number of hydrogen-bond acceptors (Lipinski definition) is 6. The van der Waals surface area contributed by atoms with Crippen LogP contribution in [0.15, 0.2) is 18.2 Å². The van der Waals surface area contributed by atoms with Crippen molar-refractivity contribution < 1.29 is 33.4 Å². The van der Waals surface area contributed by atoms with E-state index in [4.69, 9.17) is 4.74 Å². The van der Waals surface area contributed by atoms with E-state index < -0.39 is 49.5 Å². The number of carbonyl (C=O) groups excluding carboxylic acids is 3. The summed E-state index contributed by atoms with van der Waals surface area (Å²) in [5.74, 6) is -1.80. The van der Waals surface area contributed by atoms with Gasteiger partial charge in [0.15, 0.2) is 5.60 Å². The van der Waals surface area contributed by atoms with Crippen LogP contribution in [0.25, 0.3) is 0 Å². The first-order valence-corrected chi connectivity index (χ1v) is 15.1. The summed E-state index contributed by atoms with van der Waals surface area (Å²) in [7, 11) is -3.41. The highest BCUT2D eigenvalue weighted by Gasteiger charge is 2.65. The first kappa shape index (κ1) is 25.7. The van der Waals surface area contributed by atoms with E-state index in [1.165, 1.54) is 6.92 Å². The van der Waals surface area contributed by atoms with Gasteiger partial charge in [-0.2, -0.15) is 0 Å². The number of amides is 3. The minimum atomic E-state index is -3.41. The van der Waals surface area contributed by atoms with Crippen LogP contribution in [0.1, 0.15) is 38.7 Å². The number of rotatable bonds is 6. The minimum absolute atomic E-state index is 0.0747. The van der Waals surface area contributed by atoms with Crippen molar-refractivity contribution in [3.8, 4) is 0 Å². The van der Waals surface area contributed by atoms with Crippen molar-refractivity contribution in [1.82, 2.24) is 4.90 Å². The minimum Gasteiger partial charge on any atom is -0.394 e. The molecule has 35 heavy (non-hydrogen) atoms. The molecule has 0 radical (unpaired) electrons. The van der Waals surface area contributed by atoms with Crippen LogP contribution in [0.5, 0.6) is 0 Å². The zero-order valence-electron chi connectivity index (χ0n) is 20.5. The van der Waals surface area contributed by atoms with Crippen molar-refractivity contribution in [3.05, 3.63) is 23.8 Å². The highest BCUT2D eigenvalue weighted by Crippen LogP contribution is 2.59. The number of anilines is 2. The third kappa shape index (κ3) is 4.39. The van der Waals surface area contributed by atoms with Gasteiger partial charge in [-0.15, -0.1) is 0 Å². The predicted molar refractivity (Wildman–Crippen MR) is 130 cm³/mol.